The van der Waals surface area contributed by atoms with Gasteiger partial charge in [-0.05, 0) is 46.8 Å². The van der Waals surface area contributed by atoms with E-state index in [9.17, 15) is 14.4 Å². The zero-order valence-corrected chi connectivity index (χ0v) is 18.5. The lowest BCUT2D eigenvalue weighted by Crippen LogP contribution is -2.42. The van der Waals surface area contributed by atoms with Crippen LogP contribution < -0.4 is 16.0 Å². The number of carbonyl (C=O) groups excluding carboxylic acids is 1. The maximum atomic E-state index is 13.4. The highest BCUT2D eigenvalue weighted by atomic mass is 16.5. The minimum Gasteiger partial charge on any atom is -0.492 e. The summed E-state index contributed by atoms with van der Waals surface area (Å²) in [5, 5.41) is 0. The average molecular weight is 423 g/mol. The first-order valence-electron chi connectivity index (χ1n) is 10.1. The molecule has 162 valence electrons. The molecule has 0 saturated heterocycles. The first-order valence-corrected chi connectivity index (χ1v) is 10.1. The van der Waals surface area contributed by atoms with Crippen molar-refractivity contribution in [1.29, 1.82) is 0 Å². The van der Waals surface area contributed by atoms with Gasteiger partial charge >= 0.3 is 5.69 Å². The smallest absolute Gasteiger partial charge is 0.333 e. The SMILES string of the molecule is CCOc1ccccc1-n1c(C)c(C)n2c3c(=O)n([C@H](C)C(C)=O)c(=O)n(C)c3nc12. The number of rotatable bonds is 5. The van der Waals surface area contributed by atoms with E-state index in [4.69, 9.17) is 4.74 Å². The Labute approximate surface area is 178 Å². The number of benzene rings is 1. The molecule has 0 aliphatic rings. The van der Waals surface area contributed by atoms with E-state index in [0.717, 1.165) is 21.6 Å². The molecule has 4 rings (SSSR count). The Kier molecular flexibility index (Phi) is 4.83. The minimum absolute atomic E-state index is 0.262. The van der Waals surface area contributed by atoms with Crippen LogP contribution in [0.3, 0.4) is 0 Å². The van der Waals surface area contributed by atoms with Crippen LogP contribution in [-0.2, 0) is 11.8 Å². The van der Waals surface area contributed by atoms with E-state index in [2.05, 4.69) is 4.98 Å². The van der Waals surface area contributed by atoms with Gasteiger partial charge in [0.25, 0.3) is 5.56 Å². The van der Waals surface area contributed by atoms with Gasteiger partial charge in [0.1, 0.15) is 5.75 Å². The van der Waals surface area contributed by atoms with Crippen LogP contribution in [0.25, 0.3) is 22.6 Å². The van der Waals surface area contributed by atoms with Crippen molar-refractivity contribution in [3.8, 4) is 11.4 Å². The van der Waals surface area contributed by atoms with Crippen molar-refractivity contribution in [2.75, 3.05) is 6.61 Å². The summed E-state index contributed by atoms with van der Waals surface area (Å²) in [6, 6.07) is 6.73. The summed E-state index contributed by atoms with van der Waals surface area (Å²) in [5.74, 6) is 0.919. The lowest BCUT2D eigenvalue weighted by atomic mass is 10.2. The summed E-state index contributed by atoms with van der Waals surface area (Å²) in [6.45, 7) is 9.17. The molecule has 0 aliphatic carbocycles. The molecular weight excluding hydrogens is 398 g/mol. The van der Waals surface area contributed by atoms with Gasteiger partial charge in [0, 0.05) is 18.4 Å². The molecule has 3 aromatic heterocycles. The van der Waals surface area contributed by atoms with Crippen LogP contribution in [0, 0.1) is 13.8 Å². The summed E-state index contributed by atoms with van der Waals surface area (Å²) in [7, 11) is 1.56. The molecule has 0 fully saturated rings. The second-order valence-corrected chi connectivity index (χ2v) is 7.63. The van der Waals surface area contributed by atoms with Crippen molar-refractivity contribution in [3.05, 3.63) is 56.5 Å². The number of para-hydroxylation sites is 2. The molecule has 9 nitrogen and oxygen atoms in total. The third-order valence-electron chi connectivity index (χ3n) is 5.85. The van der Waals surface area contributed by atoms with E-state index in [1.807, 2.05) is 49.6 Å². The van der Waals surface area contributed by atoms with Gasteiger partial charge in [-0.2, -0.15) is 4.98 Å². The Morgan fingerprint density at radius 1 is 1.16 bits per heavy atom. The van der Waals surface area contributed by atoms with Crippen molar-refractivity contribution >= 4 is 22.7 Å². The fraction of sp³-hybridized carbons (Fsp3) is 0.364. The zero-order valence-electron chi connectivity index (χ0n) is 18.5. The molecule has 1 atom stereocenters. The van der Waals surface area contributed by atoms with Gasteiger partial charge in [0.2, 0.25) is 5.78 Å². The molecule has 0 aliphatic heterocycles. The van der Waals surface area contributed by atoms with Crippen LogP contribution in [0.1, 0.15) is 38.2 Å². The van der Waals surface area contributed by atoms with Gasteiger partial charge in [0.05, 0.1) is 18.3 Å². The van der Waals surface area contributed by atoms with E-state index in [-0.39, 0.29) is 16.9 Å². The molecular formula is C22H25N5O4. The number of carbonyl (C=O) groups is 1. The van der Waals surface area contributed by atoms with E-state index in [0.29, 0.717) is 18.1 Å². The first kappa shape index (κ1) is 20.6. The largest absolute Gasteiger partial charge is 0.492 e. The maximum Gasteiger partial charge on any atom is 0.333 e. The Balaban J connectivity index is 2.18. The van der Waals surface area contributed by atoms with Crippen LogP contribution in [0.4, 0.5) is 0 Å². The molecule has 0 radical (unpaired) electrons. The Morgan fingerprint density at radius 2 is 1.84 bits per heavy atom. The molecule has 31 heavy (non-hydrogen) atoms. The molecule has 0 spiro atoms. The summed E-state index contributed by atoms with van der Waals surface area (Å²) in [5.41, 5.74) is 1.90. The molecule has 0 unspecified atom stereocenters. The molecule has 0 saturated carbocycles. The monoisotopic (exact) mass is 423 g/mol. The second-order valence-electron chi connectivity index (χ2n) is 7.63. The third-order valence-corrected chi connectivity index (χ3v) is 5.85. The number of nitrogens with zero attached hydrogens (tertiary/aromatic N) is 5. The summed E-state index contributed by atoms with van der Waals surface area (Å²) in [6.07, 6.45) is 0. The third kappa shape index (κ3) is 2.83. The first-order chi connectivity index (χ1) is 14.7. The van der Waals surface area contributed by atoms with Crippen molar-refractivity contribution in [2.45, 2.75) is 40.7 Å². The van der Waals surface area contributed by atoms with Gasteiger partial charge < -0.3 is 4.74 Å². The van der Waals surface area contributed by atoms with Crippen LogP contribution in [-0.4, -0.2) is 35.5 Å². The topological polar surface area (TPSA) is 92.5 Å². The number of ketones is 1. The highest BCUT2D eigenvalue weighted by molar-refractivity contribution is 5.81. The van der Waals surface area contributed by atoms with Gasteiger partial charge in [0.15, 0.2) is 16.9 Å². The number of aryl methyl sites for hydroxylation is 2. The van der Waals surface area contributed by atoms with Gasteiger partial charge in [-0.25, -0.2) is 9.36 Å². The van der Waals surface area contributed by atoms with Crippen molar-refractivity contribution in [2.24, 2.45) is 7.05 Å². The number of ether oxygens (including phenoxy) is 1. The number of hydrogen-bond donors (Lipinski definition) is 0. The van der Waals surface area contributed by atoms with E-state index < -0.39 is 17.3 Å². The lowest BCUT2D eigenvalue weighted by Gasteiger charge is -2.13. The predicted octanol–water partition coefficient (Wildman–Crippen LogP) is 2.30. The van der Waals surface area contributed by atoms with Crippen LogP contribution in [0.2, 0.25) is 0 Å². The Hall–Kier alpha value is -3.62. The molecule has 0 N–H and O–H groups in total. The average Bonchev–Trinajstić information content (AvgIpc) is 3.23. The number of hydrogen-bond acceptors (Lipinski definition) is 5. The van der Waals surface area contributed by atoms with Gasteiger partial charge in [-0.15, -0.1) is 0 Å². The van der Waals surface area contributed by atoms with Crippen molar-refractivity contribution in [1.82, 2.24) is 23.1 Å². The highest BCUT2D eigenvalue weighted by Gasteiger charge is 2.26. The van der Waals surface area contributed by atoms with Crippen molar-refractivity contribution < 1.29 is 9.53 Å². The van der Waals surface area contributed by atoms with Gasteiger partial charge in [-0.1, -0.05) is 12.1 Å². The Bertz CT molecular complexity index is 1470. The number of fused-ring (bicyclic) bond motifs is 3. The Morgan fingerprint density at radius 3 is 2.48 bits per heavy atom. The van der Waals surface area contributed by atoms with Crippen molar-refractivity contribution in [3.63, 3.8) is 0 Å². The van der Waals surface area contributed by atoms with E-state index in [1.165, 1.54) is 11.5 Å². The number of aromatic nitrogens is 5. The van der Waals surface area contributed by atoms with Crippen LogP contribution in [0.5, 0.6) is 5.75 Å². The predicted molar refractivity (Wildman–Crippen MR) is 118 cm³/mol. The minimum atomic E-state index is -0.872. The fourth-order valence-corrected chi connectivity index (χ4v) is 3.95. The standard InChI is InChI=1S/C22H25N5O4/c1-7-31-17-11-9-8-10-16(17)25-12(2)13(3)26-18-19(23-21(25)26)24(6)22(30)27(20(18)29)14(4)15(5)28/h8-11,14H,7H2,1-6H3/t14-/m1/s1. The highest BCUT2D eigenvalue weighted by Crippen LogP contribution is 2.30. The maximum absolute atomic E-state index is 13.4. The molecule has 1 aromatic carbocycles. The molecule has 9 heteroatoms. The fourth-order valence-electron chi connectivity index (χ4n) is 3.95. The number of Topliss-reactive ketones (excluding diaryl/α,β-unsaturated/α-hetero) is 1. The zero-order chi connectivity index (χ0) is 22.6. The molecule has 0 bridgehead atoms. The second kappa shape index (κ2) is 7.26. The summed E-state index contributed by atoms with van der Waals surface area (Å²) >= 11 is 0. The van der Waals surface area contributed by atoms with E-state index in [1.54, 1.807) is 18.4 Å². The molecule has 3 heterocycles. The van der Waals surface area contributed by atoms with Gasteiger partial charge in [-0.3, -0.25) is 23.1 Å². The van der Waals surface area contributed by atoms with E-state index >= 15 is 0 Å². The van der Waals surface area contributed by atoms with Crippen LogP contribution >= 0.6 is 0 Å². The normalized spacial score (nSPS) is 12.6. The number of imidazole rings is 2. The quantitative estimate of drug-likeness (QED) is 0.491. The van der Waals surface area contributed by atoms with Crippen LogP contribution in [0.15, 0.2) is 33.9 Å². The molecule has 0 amide bonds. The summed E-state index contributed by atoms with van der Waals surface area (Å²) < 4.78 is 11.8. The summed E-state index contributed by atoms with van der Waals surface area (Å²) in [4.78, 5) is 42.9. The molecule has 4 aromatic rings. The lowest BCUT2D eigenvalue weighted by molar-refractivity contribution is -0.119.